The van der Waals surface area contributed by atoms with Crippen molar-refractivity contribution < 1.29 is 30.9 Å². The van der Waals surface area contributed by atoms with Gasteiger partial charge in [-0.25, -0.2) is 18.4 Å². The van der Waals surface area contributed by atoms with E-state index in [2.05, 4.69) is 24.9 Å². The molecule has 188 valence electrons. The van der Waals surface area contributed by atoms with Gasteiger partial charge in [-0.05, 0) is 25.5 Å². The summed E-state index contributed by atoms with van der Waals surface area (Å²) in [7, 11) is -10.1. The van der Waals surface area contributed by atoms with Gasteiger partial charge >= 0.3 is 0 Å². The molecule has 0 aliphatic carbocycles. The molecule has 3 atom stereocenters. The molecule has 0 spiro atoms. The number of methoxy groups -OCH3 is 2. The molecule has 0 bridgehead atoms. The second-order valence-corrected chi connectivity index (χ2v) is 10.5. The number of para-hydroxylation sites is 1. The maximum atomic E-state index is 13.6. The molecular weight excluding hydrogens is 496 g/mol. The minimum Gasteiger partial charge on any atom is -0.494 e. The quantitative estimate of drug-likeness (QED) is 0.445. The summed E-state index contributed by atoms with van der Waals surface area (Å²) in [5.74, 6) is -1.64. The maximum absolute atomic E-state index is 13.6. The van der Waals surface area contributed by atoms with Crippen LogP contribution in [-0.4, -0.2) is 65.7 Å². The Morgan fingerprint density at radius 2 is 1.89 bits per heavy atom. The van der Waals surface area contributed by atoms with Gasteiger partial charge in [-0.1, -0.05) is 24.6 Å². The molecule has 1 saturated heterocycles. The van der Waals surface area contributed by atoms with E-state index in [-0.39, 0.29) is 47.3 Å². The highest BCUT2D eigenvalue weighted by Crippen LogP contribution is 2.38. The molecule has 2 unspecified atom stereocenters. The fraction of sp³-hybridized carbons (Fsp3) is 0.455. The van der Waals surface area contributed by atoms with Crippen molar-refractivity contribution in [1.82, 2.24) is 24.7 Å². The normalized spacial score (nSPS) is 20.9. The molecule has 1 aliphatic heterocycles. The van der Waals surface area contributed by atoms with E-state index in [4.69, 9.17) is 34.0 Å². The molecule has 2 aromatic heterocycles. The smallest absolute Gasteiger partial charge is 0.243 e. The van der Waals surface area contributed by atoms with Crippen LogP contribution >= 0.6 is 11.6 Å². The SMILES string of the molecule is [2H]C([2H])([2H])Oc1cccc(OC([2H])([2H])[2H])c1-n1c(NS(=O)(=O)C(C)C(C)c2ncc(Cl)cn2)nnc1[C@@H]1CCOC1. The van der Waals surface area contributed by atoms with Gasteiger partial charge < -0.3 is 14.2 Å². The lowest BCUT2D eigenvalue weighted by atomic mass is 10.1. The molecule has 3 heterocycles. The van der Waals surface area contributed by atoms with Crippen molar-refractivity contribution in [3.63, 3.8) is 0 Å². The summed E-state index contributed by atoms with van der Waals surface area (Å²) in [4.78, 5) is 8.22. The Kier molecular flexibility index (Phi) is 5.42. The third kappa shape index (κ3) is 5.04. The van der Waals surface area contributed by atoms with Crippen LogP contribution in [0.15, 0.2) is 30.6 Å². The molecule has 11 nitrogen and oxygen atoms in total. The number of halogens is 1. The minimum atomic E-state index is -4.23. The number of aromatic nitrogens is 5. The Morgan fingerprint density at radius 3 is 2.49 bits per heavy atom. The highest BCUT2D eigenvalue weighted by molar-refractivity contribution is 7.93. The molecule has 13 heteroatoms. The largest absolute Gasteiger partial charge is 0.494 e. The van der Waals surface area contributed by atoms with Crippen molar-refractivity contribution >= 4 is 27.6 Å². The molecule has 0 saturated carbocycles. The summed E-state index contributed by atoms with van der Waals surface area (Å²) < 4.78 is 92.4. The first-order valence-electron chi connectivity index (χ1n) is 13.6. The maximum Gasteiger partial charge on any atom is 0.243 e. The first kappa shape index (κ1) is 18.3. The molecule has 4 rings (SSSR count). The van der Waals surface area contributed by atoms with Crippen LogP contribution in [0.5, 0.6) is 11.5 Å². The van der Waals surface area contributed by atoms with Gasteiger partial charge in [-0.2, -0.15) is 0 Å². The number of rotatable bonds is 9. The summed E-state index contributed by atoms with van der Waals surface area (Å²) in [6.07, 6.45) is 3.20. The number of benzene rings is 1. The molecule has 1 fully saturated rings. The zero-order chi connectivity index (χ0) is 30.2. The van der Waals surface area contributed by atoms with Gasteiger partial charge in [0.1, 0.15) is 28.8 Å². The predicted octanol–water partition coefficient (Wildman–Crippen LogP) is 3.17. The summed E-state index contributed by atoms with van der Waals surface area (Å²) in [6, 6.07) is 3.90. The number of nitrogens with one attached hydrogen (secondary N) is 1. The van der Waals surface area contributed by atoms with E-state index in [1.807, 2.05) is 0 Å². The van der Waals surface area contributed by atoms with Crippen molar-refractivity contribution in [2.75, 3.05) is 32.0 Å². The van der Waals surface area contributed by atoms with Crippen LogP contribution in [0, 0.1) is 0 Å². The monoisotopic (exact) mass is 528 g/mol. The molecule has 3 aromatic rings. The van der Waals surface area contributed by atoms with Gasteiger partial charge in [0, 0.05) is 30.8 Å². The number of ether oxygens (including phenoxy) is 3. The molecule has 1 aromatic carbocycles. The average molecular weight is 529 g/mol. The van der Waals surface area contributed by atoms with Gasteiger partial charge in [0.2, 0.25) is 16.0 Å². The predicted molar refractivity (Wildman–Crippen MR) is 130 cm³/mol. The summed E-state index contributed by atoms with van der Waals surface area (Å²) in [5.41, 5.74) is -0.217. The molecule has 1 aliphatic rings. The van der Waals surface area contributed by atoms with E-state index in [0.717, 1.165) is 0 Å². The fourth-order valence-corrected chi connectivity index (χ4v) is 5.06. The first-order valence-corrected chi connectivity index (χ1v) is 12.5. The number of nitrogens with zero attached hydrogens (tertiary/aromatic N) is 5. The summed E-state index contributed by atoms with van der Waals surface area (Å²) >= 11 is 5.86. The highest BCUT2D eigenvalue weighted by atomic mass is 35.5. The zero-order valence-corrected chi connectivity index (χ0v) is 20.4. The van der Waals surface area contributed by atoms with Crippen molar-refractivity contribution in [3.8, 4) is 17.2 Å². The molecule has 0 radical (unpaired) electrons. The molecular formula is C22H27ClN6O5S. The number of hydrogen-bond donors (Lipinski definition) is 1. The van der Waals surface area contributed by atoms with E-state index in [0.29, 0.717) is 18.1 Å². The van der Waals surface area contributed by atoms with E-state index >= 15 is 0 Å². The van der Waals surface area contributed by atoms with E-state index in [1.54, 1.807) is 6.92 Å². The zero-order valence-electron chi connectivity index (χ0n) is 24.8. The molecule has 0 amide bonds. The van der Waals surface area contributed by atoms with Crippen LogP contribution in [0.2, 0.25) is 5.02 Å². The number of hydrogen-bond acceptors (Lipinski definition) is 9. The van der Waals surface area contributed by atoms with Crippen LogP contribution in [0.4, 0.5) is 5.95 Å². The van der Waals surface area contributed by atoms with E-state index in [9.17, 15) is 8.42 Å². The minimum absolute atomic E-state index is 0.180. The van der Waals surface area contributed by atoms with Crippen LogP contribution in [0.25, 0.3) is 5.69 Å². The van der Waals surface area contributed by atoms with Gasteiger partial charge in [-0.3, -0.25) is 9.29 Å². The summed E-state index contributed by atoms with van der Waals surface area (Å²) in [6.45, 7) is 3.68. The molecule has 35 heavy (non-hydrogen) atoms. The Morgan fingerprint density at radius 1 is 1.20 bits per heavy atom. The van der Waals surface area contributed by atoms with Crippen molar-refractivity contribution in [2.24, 2.45) is 0 Å². The Hall–Kier alpha value is -2.96. The number of anilines is 1. The lowest BCUT2D eigenvalue weighted by Gasteiger charge is -2.22. The fourth-order valence-electron chi connectivity index (χ4n) is 3.73. The topological polar surface area (TPSA) is 130 Å². The lowest BCUT2D eigenvalue weighted by Crippen LogP contribution is -2.31. The molecule has 1 N–H and O–H groups in total. The van der Waals surface area contributed by atoms with Crippen molar-refractivity contribution in [2.45, 2.75) is 37.4 Å². The van der Waals surface area contributed by atoms with Gasteiger partial charge in [0.25, 0.3) is 0 Å². The Bertz CT molecular complexity index is 1450. The van der Waals surface area contributed by atoms with Crippen LogP contribution in [0.1, 0.15) is 52.0 Å². The first-order chi connectivity index (χ1) is 19.1. The van der Waals surface area contributed by atoms with Crippen molar-refractivity contribution in [1.29, 1.82) is 0 Å². The van der Waals surface area contributed by atoms with E-state index in [1.165, 1.54) is 42.1 Å². The third-order valence-electron chi connectivity index (χ3n) is 5.86. The number of sulfonamides is 1. The Labute approximate surface area is 217 Å². The van der Waals surface area contributed by atoms with Crippen LogP contribution in [0.3, 0.4) is 0 Å². The van der Waals surface area contributed by atoms with Crippen molar-refractivity contribution in [3.05, 3.63) is 47.3 Å². The van der Waals surface area contributed by atoms with Gasteiger partial charge in [-0.15, -0.1) is 10.2 Å². The third-order valence-corrected chi connectivity index (χ3v) is 7.91. The summed E-state index contributed by atoms with van der Waals surface area (Å²) in [5, 5.41) is 7.42. The second-order valence-electron chi connectivity index (χ2n) is 7.99. The standard InChI is InChI=1S/C22H27ClN6O5S/c1-13(20-24-10-16(23)11-25-20)14(2)35(30,31)28-22-27-26-21(15-8-9-34-12-15)29(22)19-17(32-3)6-5-7-18(19)33-4/h5-7,10-11,13-15H,8-9,12H2,1-4H3,(H,27,28)/t13?,14?,15-/m1/s1/i3D3,4D3. The van der Waals surface area contributed by atoms with Crippen LogP contribution < -0.4 is 14.2 Å². The van der Waals surface area contributed by atoms with Gasteiger partial charge in [0.15, 0.2) is 0 Å². The highest BCUT2D eigenvalue weighted by Gasteiger charge is 2.34. The second kappa shape index (κ2) is 10.3. The Balaban J connectivity index is 1.85. The average Bonchev–Trinajstić information content (AvgIpc) is 3.52. The van der Waals surface area contributed by atoms with E-state index < -0.39 is 35.3 Å². The lowest BCUT2D eigenvalue weighted by molar-refractivity contribution is 0.193. The van der Waals surface area contributed by atoms with Crippen LogP contribution in [-0.2, 0) is 14.8 Å². The van der Waals surface area contributed by atoms with Gasteiger partial charge in [0.05, 0.1) is 39.2 Å².